The van der Waals surface area contributed by atoms with E-state index in [-0.39, 0.29) is 0 Å². The van der Waals surface area contributed by atoms with Crippen LogP contribution in [0.1, 0.15) is 12.5 Å². The van der Waals surface area contributed by atoms with E-state index in [1.54, 1.807) is 7.11 Å². The number of ether oxygens (including phenoxy) is 1. The van der Waals surface area contributed by atoms with E-state index in [4.69, 9.17) is 4.74 Å². The van der Waals surface area contributed by atoms with Gasteiger partial charge in [-0.2, -0.15) is 0 Å². The quantitative estimate of drug-likeness (QED) is 0.792. The smallest absolute Gasteiger partial charge is 0.119 e. The summed E-state index contributed by atoms with van der Waals surface area (Å²) in [5.74, 6) is 0.964. The van der Waals surface area contributed by atoms with E-state index in [0.717, 1.165) is 25.3 Å². The van der Waals surface area contributed by atoms with Crippen LogP contribution in [0.2, 0.25) is 0 Å². The molecule has 1 aromatic carbocycles. The summed E-state index contributed by atoms with van der Waals surface area (Å²) in [5, 5.41) is 0. The molecule has 0 bridgehead atoms. The highest BCUT2D eigenvalue weighted by atomic mass is 16.5. The first-order valence-corrected chi connectivity index (χ1v) is 6.20. The maximum Gasteiger partial charge on any atom is 0.119 e. The minimum Gasteiger partial charge on any atom is -0.497 e. The molecule has 17 heavy (non-hydrogen) atoms. The number of rotatable bonds is 4. The van der Waals surface area contributed by atoms with Crippen LogP contribution in [-0.2, 0) is 6.42 Å². The minimum atomic E-state index is 0.572. The second kappa shape index (κ2) is 4.96. The molecule has 1 aliphatic rings. The van der Waals surface area contributed by atoms with Crippen molar-refractivity contribution in [2.24, 2.45) is 0 Å². The predicted octanol–water partition coefficient (Wildman–Crippen LogP) is 2.01. The van der Waals surface area contributed by atoms with Crippen molar-refractivity contribution >= 4 is 5.69 Å². The Hall–Kier alpha value is -1.22. The normalized spacial score (nSPS) is 16.2. The highest BCUT2D eigenvalue weighted by Gasteiger charge is 2.21. The van der Waals surface area contributed by atoms with Gasteiger partial charge in [0.2, 0.25) is 0 Å². The standard InChI is InChI=1S/C14H22N2O/c1-11(15(2)3)10-16-8-7-12-9-13(17-4)5-6-14(12)16/h5-6,9,11H,7-8,10H2,1-4H3. The number of anilines is 1. The minimum absolute atomic E-state index is 0.572. The zero-order valence-corrected chi connectivity index (χ0v) is 11.2. The molecule has 0 saturated heterocycles. The summed E-state index contributed by atoms with van der Waals surface area (Å²) in [6.45, 7) is 4.48. The Bertz CT molecular complexity index is 390. The van der Waals surface area contributed by atoms with Gasteiger partial charge in [0.25, 0.3) is 0 Å². The van der Waals surface area contributed by atoms with Crippen LogP contribution in [0.15, 0.2) is 18.2 Å². The number of nitrogens with zero attached hydrogens (tertiary/aromatic N) is 2. The lowest BCUT2D eigenvalue weighted by atomic mass is 10.1. The maximum atomic E-state index is 5.27. The lowest BCUT2D eigenvalue weighted by Crippen LogP contribution is -2.37. The van der Waals surface area contributed by atoms with Crippen molar-refractivity contribution in [3.63, 3.8) is 0 Å². The van der Waals surface area contributed by atoms with Crippen LogP contribution < -0.4 is 9.64 Å². The highest BCUT2D eigenvalue weighted by Crippen LogP contribution is 2.31. The molecular weight excluding hydrogens is 212 g/mol. The third-order valence-corrected chi connectivity index (χ3v) is 3.64. The van der Waals surface area contributed by atoms with Crippen LogP contribution in [0.4, 0.5) is 5.69 Å². The van der Waals surface area contributed by atoms with Gasteiger partial charge in [-0.25, -0.2) is 0 Å². The van der Waals surface area contributed by atoms with E-state index < -0.39 is 0 Å². The van der Waals surface area contributed by atoms with E-state index in [9.17, 15) is 0 Å². The van der Waals surface area contributed by atoms with Gasteiger partial charge in [-0.3, -0.25) is 0 Å². The molecule has 0 N–H and O–H groups in total. The molecule has 1 atom stereocenters. The Morgan fingerprint density at radius 3 is 2.82 bits per heavy atom. The van der Waals surface area contributed by atoms with Gasteiger partial charge in [-0.05, 0) is 51.2 Å². The number of benzene rings is 1. The first-order chi connectivity index (χ1) is 8.11. The second-order valence-corrected chi connectivity index (χ2v) is 5.00. The number of likely N-dealkylation sites (N-methyl/N-ethyl adjacent to an activating group) is 1. The van der Waals surface area contributed by atoms with Crippen LogP contribution in [0.25, 0.3) is 0 Å². The van der Waals surface area contributed by atoms with Crippen LogP contribution >= 0.6 is 0 Å². The lowest BCUT2D eigenvalue weighted by molar-refractivity contribution is 0.316. The molecule has 1 heterocycles. The zero-order valence-electron chi connectivity index (χ0n) is 11.2. The van der Waals surface area contributed by atoms with Gasteiger partial charge in [0.1, 0.15) is 5.75 Å². The number of methoxy groups -OCH3 is 1. The maximum absolute atomic E-state index is 5.27. The molecule has 1 aromatic rings. The predicted molar refractivity (Wildman–Crippen MR) is 72.1 cm³/mol. The Morgan fingerprint density at radius 1 is 1.41 bits per heavy atom. The Labute approximate surface area is 104 Å². The third kappa shape index (κ3) is 2.55. The van der Waals surface area contributed by atoms with E-state index in [2.05, 4.69) is 49.0 Å². The van der Waals surface area contributed by atoms with Crippen LogP contribution in [0, 0.1) is 0 Å². The van der Waals surface area contributed by atoms with Gasteiger partial charge in [-0.15, -0.1) is 0 Å². The molecule has 3 heteroatoms. The van der Waals surface area contributed by atoms with Crippen molar-refractivity contribution in [3.05, 3.63) is 23.8 Å². The fraction of sp³-hybridized carbons (Fsp3) is 0.571. The number of hydrogen-bond donors (Lipinski definition) is 0. The zero-order chi connectivity index (χ0) is 12.4. The molecular formula is C14H22N2O. The van der Waals surface area contributed by atoms with Crippen LogP contribution in [0.5, 0.6) is 5.75 Å². The molecule has 0 aromatic heterocycles. The SMILES string of the molecule is COc1ccc2c(c1)CCN2CC(C)N(C)C. The summed E-state index contributed by atoms with van der Waals surface area (Å²) in [6.07, 6.45) is 1.13. The summed E-state index contributed by atoms with van der Waals surface area (Å²) in [5.41, 5.74) is 2.79. The molecule has 0 spiro atoms. The molecule has 2 rings (SSSR count). The molecule has 1 unspecified atom stereocenters. The van der Waals surface area contributed by atoms with E-state index in [1.165, 1.54) is 11.3 Å². The monoisotopic (exact) mass is 234 g/mol. The number of fused-ring (bicyclic) bond motifs is 1. The van der Waals surface area contributed by atoms with Crippen LogP contribution in [-0.4, -0.2) is 45.2 Å². The fourth-order valence-electron chi connectivity index (χ4n) is 2.25. The third-order valence-electron chi connectivity index (χ3n) is 3.64. The Kier molecular flexibility index (Phi) is 3.57. The second-order valence-electron chi connectivity index (χ2n) is 5.00. The van der Waals surface area contributed by atoms with Crippen molar-refractivity contribution in [3.8, 4) is 5.75 Å². The van der Waals surface area contributed by atoms with Gasteiger partial charge >= 0.3 is 0 Å². The van der Waals surface area contributed by atoms with E-state index in [1.807, 2.05) is 0 Å². The van der Waals surface area contributed by atoms with Crippen molar-refractivity contribution < 1.29 is 4.74 Å². The molecule has 0 amide bonds. The number of hydrogen-bond acceptors (Lipinski definition) is 3. The van der Waals surface area contributed by atoms with E-state index in [0.29, 0.717) is 6.04 Å². The average Bonchev–Trinajstić information content (AvgIpc) is 2.71. The molecule has 0 fully saturated rings. The van der Waals surface area contributed by atoms with Crippen molar-refractivity contribution in [1.82, 2.24) is 4.90 Å². The van der Waals surface area contributed by atoms with Crippen molar-refractivity contribution in [1.29, 1.82) is 0 Å². The van der Waals surface area contributed by atoms with Gasteiger partial charge < -0.3 is 14.5 Å². The summed E-state index contributed by atoms with van der Waals surface area (Å²) < 4.78 is 5.27. The summed E-state index contributed by atoms with van der Waals surface area (Å²) >= 11 is 0. The average molecular weight is 234 g/mol. The van der Waals surface area contributed by atoms with E-state index >= 15 is 0 Å². The largest absolute Gasteiger partial charge is 0.497 e. The highest BCUT2D eigenvalue weighted by molar-refractivity contribution is 5.60. The molecule has 94 valence electrons. The first-order valence-electron chi connectivity index (χ1n) is 6.20. The molecule has 3 nitrogen and oxygen atoms in total. The van der Waals surface area contributed by atoms with Crippen LogP contribution in [0.3, 0.4) is 0 Å². The first kappa shape index (κ1) is 12.2. The summed E-state index contributed by atoms with van der Waals surface area (Å²) in [7, 11) is 5.99. The molecule has 1 aliphatic heterocycles. The van der Waals surface area contributed by atoms with Gasteiger partial charge in [0.15, 0.2) is 0 Å². The Morgan fingerprint density at radius 2 is 2.18 bits per heavy atom. The summed E-state index contributed by atoms with van der Waals surface area (Å²) in [6, 6.07) is 6.97. The van der Waals surface area contributed by atoms with Crippen molar-refractivity contribution in [2.75, 3.05) is 39.2 Å². The molecule has 0 radical (unpaired) electrons. The van der Waals surface area contributed by atoms with Crippen molar-refractivity contribution in [2.45, 2.75) is 19.4 Å². The van der Waals surface area contributed by atoms with Gasteiger partial charge in [0, 0.05) is 24.8 Å². The molecule has 0 saturated carbocycles. The fourth-order valence-corrected chi connectivity index (χ4v) is 2.25. The Balaban J connectivity index is 2.12. The lowest BCUT2D eigenvalue weighted by Gasteiger charge is -2.27. The topological polar surface area (TPSA) is 15.7 Å². The molecule has 0 aliphatic carbocycles. The van der Waals surface area contributed by atoms with Gasteiger partial charge in [-0.1, -0.05) is 0 Å². The summed E-state index contributed by atoms with van der Waals surface area (Å²) in [4.78, 5) is 4.74. The van der Waals surface area contributed by atoms with Gasteiger partial charge in [0.05, 0.1) is 7.11 Å².